The van der Waals surface area contributed by atoms with E-state index < -0.39 is 64.7 Å². The van der Waals surface area contributed by atoms with Gasteiger partial charge < -0.3 is 30.5 Å². The average Bonchev–Trinajstić information content (AvgIpc) is 3.08. The molecule has 0 aliphatic heterocycles. The molecule has 1 unspecified atom stereocenters. The first-order chi connectivity index (χ1) is 25.2. The van der Waals surface area contributed by atoms with Crippen molar-refractivity contribution >= 4 is 24.0 Å². The predicted molar refractivity (Wildman–Crippen MR) is 208 cm³/mol. The van der Waals surface area contributed by atoms with Crippen molar-refractivity contribution in [1.82, 2.24) is 31.4 Å². The smallest absolute Gasteiger partial charge is 0.408 e. The number of nitrogens with zero attached hydrogens (tertiary/aromatic N) is 2. The first kappa shape index (κ1) is 43.4. The lowest BCUT2D eigenvalue weighted by Gasteiger charge is -2.36. The number of alkyl carbamates (subject to hydrolysis) is 2. The van der Waals surface area contributed by atoms with Crippen LogP contribution in [0, 0.1) is 10.8 Å². The van der Waals surface area contributed by atoms with Gasteiger partial charge >= 0.3 is 12.2 Å². The van der Waals surface area contributed by atoms with E-state index in [4.69, 9.17) is 9.47 Å². The van der Waals surface area contributed by atoms with E-state index in [9.17, 15) is 24.3 Å². The highest BCUT2D eigenvalue weighted by atomic mass is 16.6. The predicted octanol–water partition coefficient (Wildman–Crippen LogP) is 5.38. The van der Waals surface area contributed by atoms with Crippen molar-refractivity contribution in [3.8, 4) is 11.3 Å². The monoisotopic (exact) mass is 746 g/mol. The van der Waals surface area contributed by atoms with Gasteiger partial charge in [0.15, 0.2) is 0 Å². The Labute approximate surface area is 319 Å². The first-order valence-corrected chi connectivity index (χ1v) is 18.1. The maximum absolute atomic E-state index is 14.0. The van der Waals surface area contributed by atoms with E-state index in [-0.39, 0.29) is 19.5 Å². The van der Waals surface area contributed by atoms with Crippen molar-refractivity contribution in [3.05, 3.63) is 90.1 Å². The summed E-state index contributed by atoms with van der Waals surface area (Å²) in [6, 6.07) is 19.8. The summed E-state index contributed by atoms with van der Waals surface area (Å²) in [5.41, 5.74) is 4.10. The summed E-state index contributed by atoms with van der Waals surface area (Å²) in [5, 5.41) is 21.8. The molecule has 0 radical (unpaired) electrons. The van der Waals surface area contributed by atoms with Crippen molar-refractivity contribution in [2.75, 3.05) is 13.7 Å². The molecule has 3 aromatic rings. The molecule has 1 aromatic heterocycles. The highest BCUT2D eigenvalue weighted by Crippen LogP contribution is 2.23. The van der Waals surface area contributed by atoms with E-state index in [1.54, 1.807) is 32.0 Å². The maximum atomic E-state index is 14.0. The Morgan fingerprint density at radius 1 is 0.722 bits per heavy atom. The summed E-state index contributed by atoms with van der Waals surface area (Å²) in [7, 11) is 1.22. The highest BCUT2D eigenvalue weighted by Gasteiger charge is 2.38. The molecule has 0 aliphatic rings. The third-order valence-corrected chi connectivity index (χ3v) is 8.42. The van der Waals surface area contributed by atoms with Crippen LogP contribution in [0.15, 0.2) is 79.0 Å². The summed E-state index contributed by atoms with van der Waals surface area (Å²) < 4.78 is 10.2. The molecule has 5 N–H and O–H groups in total. The molecular formula is C41H58N6O7. The molecule has 1 heterocycles. The SMILES string of the molecule is COC(=O)NC(C(=O)N[C@@H](Cc1ccccc1)[C@@H](O)CN(Cc1ccc(-c2ccccn2)cc1)NC(=O)[C@@H](NC(=O)OC(C)(C)C)C(C)(C)C)C(C)(C)C. The quantitative estimate of drug-likeness (QED) is 0.136. The van der Waals surface area contributed by atoms with Gasteiger partial charge in [0, 0.05) is 24.8 Å². The fraction of sp³-hybridized carbons (Fsp3) is 0.488. The zero-order chi connectivity index (χ0) is 40.3. The summed E-state index contributed by atoms with van der Waals surface area (Å²) in [5.74, 6) is -1.03. The minimum absolute atomic E-state index is 0.126. The number of hydrogen-bond acceptors (Lipinski definition) is 9. The Morgan fingerprint density at radius 3 is 1.83 bits per heavy atom. The lowest BCUT2D eigenvalue weighted by atomic mass is 9.85. The van der Waals surface area contributed by atoms with Crippen molar-refractivity contribution in [2.45, 2.75) is 105 Å². The summed E-state index contributed by atoms with van der Waals surface area (Å²) in [6.07, 6.45) is -0.768. The fourth-order valence-electron chi connectivity index (χ4n) is 5.63. The van der Waals surface area contributed by atoms with Crippen LogP contribution >= 0.6 is 0 Å². The van der Waals surface area contributed by atoms with Crippen molar-refractivity contribution in [2.24, 2.45) is 10.8 Å². The first-order valence-electron chi connectivity index (χ1n) is 18.1. The highest BCUT2D eigenvalue weighted by molar-refractivity contribution is 5.87. The van der Waals surface area contributed by atoms with E-state index in [0.29, 0.717) is 0 Å². The Hall–Kier alpha value is -5.01. The van der Waals surface area contributed by atoms with E-state index in [1.807, 2.05) is 114 Å². The standard InChI is InChI=1S/C41H58N6O7/c1-39(2,3)33(44-37(51)53-10)35(49)43-31(24-27-16-12-11-13-17-27)32(48)26-47(25-28-19-21-29(22-20-28)30-18-14-15-23-42-30)46-36(50)34(40(4,5)6)45-38(52)54-41(7,8)9/h11-23,31-34,48H,24-26H2,1-10H3,(H,43,49)(H,44,51)(H,45,52)(H,46,50)/t31-,32-,33?,34+/m0/s1. The summed E-state index contributed by atoms with van der Waals surface area (Å²) in [6.45, 7) is 16.1. The Bertz CT molecular complexity index is 1670. The van der Waals surface area contributed by atoms with Gasteiger partial charge in [-0.1, -0.05) is 102 Å². The van der Waals surface area contributed by atoms with E-state index in [2.05, 4.69) is 26.4 Å². The number of aliphatic hydroxyl groups is 1. The molecule has 294 valence electrons. The number of ether oxygens (including phenoxy) is 2. The van der Waals surface area contributed by atoms with Crippen LogP contribution in [0.4, 0.5) is 9.59 Å². The lowest BCUT2D eigenvalue weighted by molar-refractivity contribution is -0.132. The van der Waals surface area contributed by atoms with Crippen molar-refractivity contribution in [3.63, 3.8) is 0 Å². The molecular weight excluding hydrogens is 688 g/mol. The Kier molecular flexibility index (Phi) is 15.1. The second-order valence-electron chi connectivity index (χ2n) is 16.5. The molecule has 0 spiro atoms. The fourth-order valence-corrected chi connectivity index (χ4v) is 5.63. The number of amides is 4. The van der Waals surface area contributed by atoms with Gasteiger partial charge in [0.05, 0.1) is 24.9 Å². The van der Waals surface area contributed by atoms with Gasteiger partial charge in [0.25, 0.3) is 5.91 Å². The molecule has 0 aliphatic carbocycles. The molecule has 13 nitrogen and oxygen atoms in total. The third-order valence-electron chi connectivity index (χ3n) is 8.42. The van der Waals surface area contributed by atoms with E-state index >= 15 is 0 Å². The molecule has 2 aromatic carbocycles. The number of nitrogens with one attached hydrogen (secondary N) is 4. The second kappa shape index (κ2) is 18.8. The molecule has 0 bridgehead atoms. The van der Waals surface area contributed by atoms with Crippen molar-refractivity contribution < 1.29 is 33.8 Å². The molecule has 4 amide bonds. The van der Waals surface area contributed by atoms with Crippen LogP contribution < -0.4 is 21.4 Å². The summed E-state index contributed by atoms with van der Waals surface area (Å²) >= 11 is 0. The lowest BCUT2D eigenvalue weighted by Crippen LogP contribution is -2.61. The van der Waals surface area contributed by atoms with Crippen LogP contribution in [-0.2, 0) is 32.0 Å². The minimum Gasteiger partial charge on any atom is -0.453 e. The molecule has 54 heavy (non-hydrogen) atoms. The van der Waals surface area contributed by atoms with Crippen LogP contribution in [0.5, 0.6) is 0 Å². The minimum atomic E-state index is -1.23. The molecule has 0 fully saturated rings. The van der Waals surface area contributed by atoms with Crippen LogP contribution in [0.1, 0.15) is 73.4 Å². The Morgan fingerprint density at radius 2 is 1.30 bits per heavy atom. The molecule has 3 rings (SSSR count). The number of carbonyl (C=O) groups excluding carboxylic acids is 4. The number of aromatic nitrogens is 1. The van der Waals surface area contributed by atoms with Gasteiger partial charge in [0.2, 0.25) is 5.91 Å². The number of rotatable bonds is 14. The molecule has 0 saturated heterocycles. The van der Waals surface area contributed by atoms with Gasteiger partial charge in [-0.15, -0.1) is 0 Å². The van der Waals surface area contributed by atoms with Crippen LogP contribution in [0.2, 0.25) is 0 Å². The van der Waals surface area contributed by atoms with E-state index in [1.165, 1.54) is 7.11 Å². The number of hydrazine groups is 1. The number of carbonyl (C=O) groups is 4. The van der Waals surface area contributed by atoms with Crippen LogP contribution in [0.25, 0.3) is 11.3 Å². The zero-order valence-corrected chi connectivity index (χ0v) is 33.2. The number of aliphatic hydroxyl groups excluding tert-OH is 1. The second-order valence-corrected chi connectivity index (χ2v) is 16.5. The molecule has 0 saturated carbocycles. The maximum Gasteiger partial charge on any atom is 0.408 e. The number of benzene rings is 2. The summed E-state index contributed by atoms with van der Waals surface area (Å²) in [4.78, 5) is 57.4. The molecule has 4 atom stereocenters. The number of methoxy groups -OCH3 is 1. The third kappa shape index (κ3) is 14.1. The van der Waals surface area contributed by atoms with Gasteiger partial charge in [-0.05, 0) is 61.3 Å². The Balaban J connectivity index is 1.97. The normalized spacial score (nSPS) is 14.2. The largest absolute Gasteiger partial charge is 0.453 e. The number of hydrogen-bond donors (Lipinski definition) is 5. The van der Waals surface area contributed by atoms with Crippen LogP contribution in [-0.4, -0.2) is 82.6 Å². The van der Waals surface area contributed by atoms with Gasteiger partial charge in [0.1, 0.15) is 17.7 Å². The van der Waals surface area contributed by atoms with Gasteiger partial charge in [-0.25, -0.2) is 14.6 Å². The topological polar surface area (TPSA) is 171 Å². The van der Waals surface area contributed by atoms with Gasteiger partial charge in [-0.3, -0.25) is 20.0 Å². The van der Waals surface area contributed by atoms with Crippen molar-refractivity contribution in [1.29, 1.82) is 0 Å². The molecule has 13 heteroatoms. The zero-order valence-electron chi connectivity index (χ0n) is 33.2. The van der Waals surface area contributed by atoms with Gasteiger partial charge in [-0.2, -0.15) is 0 Å². The number of pyridine rings is 1. The van der Waals surface area contributed by atoms with E-state index in [0.717, 1.165) is 22.4 Å². The average molecular weight is 747 g/mol. The van der Waals surface area contributed by atoms with Crippen LogP contribution in [0.3, 0.4) is 0 Å².